The first-order valence-corrected chi connectivity index (χ1v) is 6.17. The maximum atomic E-state index is 13.3. The second-order valence-corrected chi connectivity index (χ2v) is 4.77. The molecular weight excluding hydrogens is 255 g/mol. The Balaban J connectivity index is 2.46. The maximum Gasteiger partial charge on any atom is 0.159 e. The first-order valence-electron chi connectivity index (χ1n) is 6.17. The summed E-state index contributed by atoms with van der Waals surface area (Å²) in [7, 11) is 1.90. The average molecular weight is 272 g/mol. The predicted octanol–water partition coefficient (Wildman–Crippen LogP) is 3.08. The Morgan fingerprint density at radius 3 is 2.90 bits per heavy atom. The molecule has 0 atom stereocenters. The van der Waals surface area contributed by atoms with Crippen molar-refractivity contribution < 1.29 is 4.39 Å². The summed E-state index contributed by atoms with van der Waals surface area (Å²) in [5, 5.41) is 0.948. The number of rotatable bonds is 3. The lowest BCUT2D eigenvalue weighted by Gasteiger charge is -1.99. The quantitative estimate of drug-likeness (QED) is 0.873. The summed E-state index contributed by atoms with van der Waals surface area (Å²) < 4.78 is 15.2. The van der Waals surface area contributed by atoms with Crippen LogP contribution >= 0.6 is 0 Å². The fourth-order valence-corrected chi connectivity index (χ4v) is 1.90. The highest BCUT2D eigenvalue weighted by atomic mass is 19.1. The van der Waals surface area contributed by atoms with Crippen LogP contribution in [0.3, 0.4) is 0 Å². The molecule has 0 saturated heterocycles. The minimum Gasteiger partial charge on any atom is -0.400 e. The molecule has 5 heteroatoms. The van der Waals surface area contributed by atoms with E-state index in [2.05, 4.69) is 16.6 Å². The Morgan fingerprint density at radius 1 is 1.55 bits per heavy atom. The molecule has 0 spiro atoms. The number of aromatic nitrogens is 2. The molecule has 0 aromatic carbocycles. The van der Waals surface area contributed by atoms with Crippen molar-refractivity contribution in [3.05, 3.63) is 47.7 Å². The second kappa shape index (κ2) is 5.28. The average Bonchev–Trinajstić information content (AvgIpc) is 2.72. The molecule has 0 aliphatic heterocycles. The van der Waals surface area contributed by atoms with Crippen LogP contribution in [0, 0.1) is 6.92 Å². The van der Waals surface area contributed by atoms with Gasteiger partial charge in [-0.3, -0.25) is 4.99 Å². The zero-order chi connectivity index (χ0) is 14.9. The van der Waals surface area contributed by atoms with E-state index >= 15 is 0 Å². The van der Waals surface area contributed by atoms with E-state index in [9.17, 15) is 4.39 Å². The van der Waals surface area contributed by atoms with Gasteiger partial charge in [0.05, 0.1) is 11.9 Å². The minimum atomic E-state index is -0.555. The highest BCUT2D eigenvalue weighted by Crippen LogP contribution is 2.26. The minimum absolute atomic E-state index is 0.0944. The first-order chi connectivity index (χ1) is 9.40. The summed E-state index contributed by atoms with van der Waals surface area (Å²) in [5.74, 6) is -0.555. The molecule has 2 heterocycles. The van der Waals surface area contributed by atoms with Crippen LogP contribution in [-0.4, -0.2) is 15.8 Å². The van der Waals surface area contributed by atoms with Crippen LogP contribution in [0.1, 0.15) is 18.1 Å². The molecule has 0 radical (unpaired) electrons. The number of halogens is 1. The number of hydrogen-bond donors (Lipinski definition) is 1. The molecule has 2 rings (SSSR count). The molecule has 2 N–H and O–H groups in total. The Kier molecular flexibility index (Phi) is 3.70. The molecule has 0 aliphatic rings. The third kappa shape index (κ3) is 2.61. The van der Waals surface area contributed by atoms with Crippen LogP contribution in [0.4, 0.5) is 4.39 Å². The van der Waals surface area contributed by atoms with Gasteiger partial charge in [0.1, 0.15) is 5.65 Å². The smallest absolute Gasteiger partial charge is 0.159 e. The summed E-state index contributed by atoms with van der Waals surface area (Å²) in [6.45, 7) is 7.33. The van der Waals surface area contributed by atoms with Gasteiger partial charge >= 0.3 is 0 Å². The summed E-state index contributed by atoms with van der Waals surface area (Å²) >= 11 is 0. The highest BCUT2D eigenvalue weighted by Gasteiger charge is 2.10. The van der Waals surface area contributed by atoms with Crippen molar-refractivity contribution in [1.82, 2.24) is 9.55 Å². The van der Waals surface area contributed by atoms with Crippen molar-refractivity contribution in [1.29, 1.82) is 0 Å². The fourth-order valence-electron chi connectivity index (χ4n) is 1.90. The zero-order valence-electron chi connectivity index (χ0n) is 11.8. The number of aliphatic imine (C=N–C) groups is 1. The molecular formula is C15H17FN4. The topological polar surface area (TPSA) is 56.2 Å². The van der Waals surface area contributed by atoms with Crippen LogP contribution in [0.25, 0.3) is 16.7 Å². The lowest BCUT2D eigenvalue weighted by atomic mass is 10.1. The molecule has 104 valence electrons. The van der Waals surface area contributed by atoms with E-state index in [1.54, 1.807) is 6.20 Å². The molecule has 0 amide bonds. The predicted molar refractivity (Wildman–Crippen MR) is 81.0 cm³/mol. The fraction of sp³-hybridized carbons (Fsp3) is 0.200. The number of nitrogens with two attached hydrogens (primary N) is 1. The molecule has 0 bridgehead atoms. The molecule has 0 saturated carbocycles. The second-order valence-electron chi connectivity index (χ2n) is 4.77. The third-order valence-corrected chi connectivity index (χ3v) is 2.97. The van der Waals surface area contributed by atoms with E-state index in [4.69, 9.17) is 5.73 Å². The third-order valence-electron chi connectivity index (χ3n) is 2.97. The Morgan fingerprint density at radius 2 is 2.25 bits per heavy atom. The standard InChI is InChI=1S/C15H17FN4/c1-9-5-12-13(8-20(4)15(12)19-6-9)11(3)18-7-14(16)10(2)17/h5-8H,3,17H2,1-2,4H3/b14-10-,18-7?. The van der Waals surface area contributed by atoms with E-state index in [0.717, 1.165) is 28.4 Å². The number of nitrogens with zero attached hydrogens (tertiary/aromatic N) is 3. The van der Waals surface area contributed by atoms with Gasteiger partial charge in [-0.2, -0.15) is 0 Å². The van der Waals surface area contributed by atoms with Crippen molar-refractivity contribution in [3.8, 4) is 0 Å². The van der Waals surface area contributed by atoms with E-state index in [1.807, 2.05) is 30.8 Å². The van der Waals surface area contributed by atoms with E-state index in [0.29, 0.717) is 5.70 Å². The molecule has 2 aromatic rings. The molecule has 0 fully saturated rings. The summed E-state index contributed by atoms with van der Waals surface area (Å²) in [4.78, 5) is 8.41. The maximum absolute atomic E-state index is 13.3. The van der Waals surface area contributed by atoms with Gasteiger partial charge in [0.15, 0.2) is 5.83 Å². The van der Waals surface area contributed by atoms with Gasteiger partial charge in [0, 0.05) is 36.1 Å². The lowest BCUT2D eigenvalue weighted by molar-refractivity contribution is 0.672. The van der Waals surface area contributed by atoms with Gasteiger partial charge in [-0.15, -0.1) is 0 Å². The molecule has 2 aromatic heterocycles. The van der Waals surface area contributed by atoms with Crippen LogP contribution in [0.2, 0.25) is 0 Å². The number of pyridine rings is 1. The van der Waals surface area contributed by atoms with Crippen molar-refractivity contribution in [3.63, 3.8) is 0 Å². The van der Waals surface area contributed by atoms with Crippen molar-refractivity contribution in [2.45, 2.75) is 13.8 Å². The van der Waals surface area contributed by atoms with Crippen LogP contribution in [0.15, 0.2) is 41.6 Å². The van der Waals surface area contributed by atoms with Gasteiger partial charge < -0.3 is 10.3 Å². The number of aryl methyl sites for hydroxylation is 2. The Labute approximate surface area is 117 Å². The normalized spacial score (nSPS) is 13.0. The van der Waals surface area contributed by atoms with Crippen molar-refractivity contribution in [2.75, 3.05) is 0 Å². The zero-order valence-corrected chi connectivity index (χ0v) is 11.8. The van der Waals surface area contributed by atoms with Crippen molar-refractivity contribution >= 4 is 22.9 Å². The monoisotopic (exact) mass is 272 g/mol. The van der Waals surface area contributed by atoms with Crippen LogP contribution < -0.4 is 5.73 Å². The number of fused-ring (bicyclic) bond motifs is 1. The first kappa shape index (κ1) is 14.0. The molecule has 0 unspecified atom stereocenters. The van der Waals surface area contributed by atoms with Crippen LogP contribution in [0.5, 0.6) is 0 Å². The van der Waals surface area contributed by atoms with E-state index in [1.165, 1.54) is 6.92 Å². The summed E-state index contributed by atoms with van der Waals surface area (Å²) in [6.07, 6.45) is 4.77. The molecule has 20 heavy (non-hydrogen) atoms. The number of hydrogen-bond acceptors (Lipinski definition) is 3. The largest absolute Gasteiger partial charge is 0.400 e. The summed E-state index contributed by atoms with van der Waals surface area (Å²) in [6, 6.07) is 2.01. The summed E-state index contributed by atoms with van der Waals surface area (Å²) in [5.41, 5.74) is 8.63. The Bertz CT molecular complexity index is 734. The van der Waals surface area contributed by atoms with E-state index in [-0.39, 0.29) is 5.70 Å². The van der Waals surface area contributed by atoms with Gasteiger partial charge in [-0.05, 0) is 25.5 Å². The van der Waals surface area contributed by atoms with E-state index < -0.39 is 5.83 Å². The SMILES string of the molecule is C=C(N=C/C(F)=C(\C)N)c1cn(C)c2ncc(C)cc12. The molecule has 0 aliphatic carbocycles. The lowest BCUT2D eigenvalue weighted by Crippen LogP contribution is -1.95. The number of allylic oxidation sites excluding steroid dienone is 2. The highest BCUT2D eigenvalue weighted by molar-refractivity contribution is 5.93. The Hall–Kier alpha value is -2.43. The van der Waals surface area contributed by atoms with Gasteiger partial charge in [0.2, 0.25) is 0 Å². The van der Waals surface area contributed by atoms with Crippen LogP contribution in [-0.2, 0) is 7.05 Å². The van der Waals surface area contributed by atoms with Gasteiger partial charge in [-0.25, -0.2) is 9.37 Å². The van der Waals surface area contributed by atoms with Gasteiger partial charge in [0.25, 0.3) is 0 Å². The van der Waals surface area contributed by atoms with Gasteiger partial charge in [-0.1, -0.05) is 6.58 Å². The van der Waals surface area contributed by atoms with Crippen molar-refractivity contribution in [2.24, 2.45) is 17.8 Å². The molecule has 4 nitrogen and oxygen atoms in total.